The van der Waals surface area contributed by atoms with Gasteiger partial charge in [0.1, 0.15) is 6.61 Å². The van der Waals surface area contributed by atoms with Gasteiger partial charge >= 0.3 is 0 Å². The molecular formula is C27H26NO4+. The van der Waals surface area contributed by atoms with Crippen molar-refractivity contribution in [2.24, 2.45) is 0 Å². The third-order valence-corrected chi connectivity index (χ3v) is 6.01. The van der Waals surface area contributed by atoms with E-state index >= 15 is 0 Å². The largest absolute Gasteiger partial charge is 0.493 e. The highest BCUT2D eigenvalue weighted by Gasteiger charge is 2.26. The maximum absolute atomic E-state index is 6.11. The summed E-state index contributed by atoms with van der Waals surface area (Å²) in [6.45, 7) is 1.40. The number of fused-ring (bicyclic) bond motifs is 4. The van der Waals surface area contributed by atoms with Crippen LogP contribution in [0.5, 0.6) is 23.0 Å². The maximum Gasteiger partial charge on any atom is 0.213 e. The molecule has 0 spiro atoms. The van der Waals surface area contributed by atoms with E-state index < -0.39 is 0 Å². The van der Waals surface area contributed by atoms with Gasteiger partial charge in [0.25, 0.3) is 0 Å². The molecule has 162 valence electrons. The van der Waals surface area contributed by atoms with Crippen LogP contribution >= 0.6 is 0 Å². The van der Waals surface area contributed by atoms with Crippen LogP contribution in [0.25, 0.3) is 22.0 Å². The molecule has 0 unspecified atom stereocenters. The third-order valence-electron chi connectivity index (χ3n) is 6.01. The fraction of sp³-hybridized carbons (Fsp3) is 0.222. The molecule has 0 atom stereocenters. The fourth-order valence-corrected chi connectivity index (χ4v) is 4.33. The van der Waals surface area contributed by atoms with Gasteiger partial charge in [-0.1, -0.05) is 30.3 Å². The Morgan fingerprint density at radius 3 is 2.19 bits per heavy atom. The van der Waals surface area contributed by atoms with Crippen LogP contribution in [0.2, 0.25) is 0 Å². The number of benzene rings is 3. The van der Waals surface area contributed by atoms with Gasteiger partial charge in [0, 0.05) is 17.9 Å². The first-order chi connectivity index (χ1) is 15.7. The number of hydrogen-bond acceptors (Lipinski definition) is 4. The summed E-state index contributed by atoms with van der Waals surface area (Å²) in [7, 11) is 5.02. The summed E-state index contributed by atoms with van der Waals surface area (Å²) in [5.41, 5.74) is 4.70. The normalized spacial score (nSPS) is 12.1. The number of nitrogens with zero attached hydrogens (tertiary/aromatic N) is 1. The first-order valence-electron chi connectivity index (χ1n) is 10.7. The molecule has 5 heteroatoms. The lowest BCUT2D eigenvalue weighted by molar-refractivity contribution is -0.686. The van der Waals surface area contributed by atoms with Gasteiger partial charge < -0.3 is 18.9 Å². The number of aromatic nitrogens is 1. The Kier molecular flexibility index (Phi) is 5.31. The molecule has 0 saturated carbocycles. The summed E-state index contributed by atoms with van der Waals surface area (Å²) < 4.78 is 25.1. The first-order valence-corrected chi connectivity index (χ1v) is 10.7. The zero-order chi connectivity index (χ0) is 22.1. The van der Waals surface area contributed by atoms with E-state index in [4.69, 9.17) is 18.9 Å². The monoisotopic (exact) mass is 428 g/mol. The summed E-state index contributed by atoms with van der Waals surface area (Å²) in [4.78, 5) is 0. The van der Waals surface area contributed by atoms with Gasteiger partial charge in [0.15, 0.2) is 35.7 Å². The second-order valence-electron chi connectivity index (χ2n) is 7.87. The molecule has 0 N–H and O–H groups in total. The van der Waals surface area contributed by atoms with Crippen LogP contribution in [0.1, 0.15) is 11.1 Å². The quantitative estimate of drug-likeness (QED) is 0.407. The van der Waals surface area contributed by atoms with E-state index in [2.05, 4.69) is 47.2 Å². The molecule has 5 nitrogen and oxygen atoms in total. The van der Waals surface area contributed by atoms with Crippen molar-refractivity contribution in [1.82, 2.24) is 0 Å². The van der Waals surface area contributed by atoms with Crippen LogP contribution in [0.15, 0.2) is 66.9 Å². The lowest BCUT2D eigenvalue weighted by Crippen LogP contribution is -2.40. The highest BCUT2D eigenvalue weighted by Crippen LogP contribution is 2.39. The number of hydrogen-bond donors (Lipinski definition) is 0. The smallest absolute Gasteiger partial charge is 0.213 e. The van der Waals surface area contributed by atoms with Crippen molar-refractivity contribution >= 4 is 10.8 Å². The number of aryl methyl sites for hydroxylation is 2. The summed E-state index contributed by atoms with van der Waals surface area (Å²) >= 11 is 0. The predicted molar refractivity (Wildman–Crippen MR) is 124 cm³/mol. The molecule has 4 aromatic rings. The molecule has 0 fully saturated rings. The van der Waals surface area contributed by atoms with E-state index in [9.17, 15) is 0 Å². The van der Waals surface area contributed by atoms with Crippen LogP contribution in [0.3, 0.4) is 0 Å². The molecule has 3 aromatic carbocycles. The Labute approximate surface area is 187 Å². The zero-order valence-electron chi connectivity index (χ0n) is 18.6. The van der Waals surface area contributed by atoms with Crippen LogP contribution < -0.4 is 23.5 Å². The minimum atomic E-state index is 0.496. The highest BCUT2D eigenvalue weighted by atomic mass is 16.5. The molecule has 0 radical (unpaired) electrons. The van der Waals surface area contributed by atoms with Gasteiger partial charge in [-0.15, -0.1) is 0 Å². The van der Waals surface area contributed by atoms with E-state index in [1.165, 1.54) is 11.1 Å². The summed E-state index contributed by atoms with van der Waals surface area (Å²) in [6.07, 6.45) is 3.13. The first kappa shape index (κ1) is 20.2. The molecule has 2 heterocycles. The van der Waals surface area contributed by atoms with E-state index in [1.807, 2.05) is 24.3 Å². The second-order valence-corrected chi connectivity index (χ2v) is 7.87. The number of ether oxygens (including phenoxy) is 4. The van der Waals surface area contributed by atoms with Gasteiger partial charge in [-0.2, -0.15) is 4.57 Å². The Bertz CT molecular complexity index is 1280. The molecule has 0 aliphatic carbocycles. The van der Waals surface area contributed by atoms with Crippen molar-refractivity contribution in [2.75, 3.05) is 21.3 Å². The molecule has 1 aliphatic rings. The lowest BCUT2D eigenvalue weighted by Gasteiger charge is -2.19. The fourth-order valence-electron chi connectivity index (χ4n) is 4.33. The van der Waals surface area contributed by atoms with E-state index in [1.54, 1.807) is 21.3 Å². The Hall–Kier alpha value is -3.73. The van der Waals surface area contributed by atoms with Gasteiger partial charge in [-0.3, -0.25) is 0 Å². The van der Waals surface area contributed by atoms with E-state index in [-0.39, 0.29) is 0 Å². The van der Waals surface area contributed by atoms with Crippen molar-refractivity contribution in [2.45, 2.75) is 19.6 Å². The number of methoxy groups -OCH3 is 3. The maximum atomic E-state index is 6.11. The van der Waals surface area contributed by atoms with Gasteiger partial charge in [0.2, 0.25) is 5.69 Å². The Balaban J connectivity index is 1.56. The number of pyridine rings is 1. The van der Waals surface area contributed by atoms with E-state index in [0.717, 1.165) is 58.0 Å². The SMILES string of the molecule is COc1cc2c(cc1OC)-c1cc3cc(OC)c(OCc4ccccc4)cc3c[n+]1CC2. The second kappa shape index (κ2) is 8.42. The van der Waals surface area contributed by atoms with Crippen molar-refractivity contribution in [3.63, 3.8) is 0 Å². The Morgan fingerprint density at radius 1 is 0.750 bits per heavy atom. The minimum Gasteiger partial charge on any atom is -0.493 e. The van der Waals surface area contributed by atoms with Crippen LogP contribution in [-0.4, -0.2) is 21.3 Å². The van der Waals surface area contributed by atoms with Gasteiger partial charge in [-0.25, -0.2) is 0 Å². The van der Waals surface area contributed by atoms with Crippen molar-refractivity contribution in [3.05, 3.63) is 78.0 Å². The highest BCUT2D eigenvalue weighted by molar-refractivity contribution is 5.87. The molecule has 1 aromatic heterocycles. The topological polar surface area (TPSA) is 40.8 Å². The Morgan fingerprint density at radius 2 is 1.44 bits per heavy atom. The molecule has 0 saturated heterocycles. The molecular weight excluding hydrogens is 402 g/mol. The average molecular weight is 429 g/mol. The van der Waals surface area contributed by atoms with Crippen LogP contribution in [-0.2, 0) is 19.6 Å². The predicted octanol–water partition coefficient (Wildman–Crippen LogP) is 4.96. The van der Waals surface area contributed by atoms with Crippen molar-refractivity contribution in [3.8, 4) is 34.3 Å². The molecule has 32 heavy (non-hydrogen) atoms. The minimum absolute atomic E-state index is 0.496. The standard InChI is InChI=1S/C27H26NO4/c1-29-24-12-19-9-10-28-16-21-14-27(32-17-18-7-5-4-6-8-18)25(30-2)13-20(21)11-23(28)22(19)15-26(24)31-3/h4-8,11-16H,9-10,17H2,1-3H3/q+1. The van der Waals surface area contributed by atoms with Crippen LogP contribution in [0, 0.1) is 0 Å². The number of rotatable bonds is 6. The summed E-state index contributed by atoms with van der Waals surface area (Å²) in [5.74, 6) is 2.97. The van der Waals surface area contributed by atoms with Gasteiger partial charge in [-0.05, 0) is 40.8 Å². The van der Waals surface area contributed by atoms with Crippen molar-refractivity contribution < 1.29 is 23.5 Å². The average Bonchev–Trinajstić information content (AvgIpc) is 2.85. The molecule has 1 aliphatic heterocycles. The zero-order valence-corrected chi connectivity index (χ0v) is 18.6. The summed E-state index contributed by atoms with van der Waals surface area (Å²) in [5, 5.41) is 2.21. The molecule has 5 rings (SSSR count). The summed E-state index contributed by atoms with van der Waals surface area (Å²) in [6, 6.07) is 20.6. The lowest BCUT2D eigenvalue weighted by atomic mass is 9.95. The van der Waals surface area contributed by atoms with Crippen LogP contribution in [0.4, 0.5) is 0 Å². The molecule has 0 amide bonds. The molecule has 0 bridgehead atoms. The van der Waals surface area contributed by atoms with Gasteiger partial charge in [0.05, 0.1) is 26.9 Å². The van der Waals surface area contributed by atoms with E-state index in [0.29, 0.717) is 6.61 Å². The van der Waals surface area contributed by atoms with Crippen molar-refractivity contribution in [1.29, 1.82) is 0 Å². The third kappa shape index (κ3) is 3.60.